The molecule has 0 unspecified atom stereocenters. The molecule has 1 fully saturated rings. The minimum atomic E-state index is -0.239. The second kappa shape index (κ2) is 11.3. The Hall–Kier alpha value is -1.40. The van der Waals surface area contributed by atoms with E-state index in [1.165, 1.54) is 32.1 Å². The molecule has 2 rings (SSSR count). The first-order chi connectivity index (χ1) is 12.2. The van der Waals surface area contributed by atoms with Gasteiger partial charge in [0.05, 0.1) is 10.6 Å². The summed E-state index contributed by atoms with van der Waals surface area (Å²) >= 11 is 7.93. The van der Waals surface area contributed by atoms with Crippen molar-refractivity contribution in [3.8, 4) is 0 Å². The lowest BCUT2D eigenvalue weighted by Crippen LogP contribution is -2.41. The lowest BCUT2D eigenvalue weighted by atomic mass is 10.0. The van der Waals surface area contributed by atoms with E-state index in [-0.39, 0.29) is 11.9 Å². The number of amides is 3. The predicted molar refractivity (Wildman–Crippen MR) is 105 cm³/mol. The molecule has 3 amide bonds. The van der Waals surface area contributed by atoms with Crippen LogP contribution < -0.4 is 16.0 Å². The summed E-state index contributed by atoms with van der Waals surface area (Å²) in [7, 11) is 0. The molecule has 7 heteroatoms. The highest BCUT2D eigenvalue weighted by molar-refractivity contribution is 7.99. The molecule has 0 heterocycles. The van der Waals surface area contributed by atoms with E-state index in [0.29, 0.717) is 30.2 Å². The Balaban J connectivity index is 1.50. The highest BCUT2D eigenvalue weighted by atomic mass is 35.5. The molecule has 0 spiro atoms. The number of rotatable bonds is 8. The van der Waals surface area contributed by atoms with Gasteiger partial charge in [-0.3, -0.25) is 4.79 Å². The van der Waals surface area contributed by atoms with E-state index >= 15 is 0 Å². The third-order valence-corrected chi connectivity index (χ3v) is 5.82. The van der Waals surface area contributed by atoms with Gasteiger partial charge in [-0.15, -0.1) is 0 Å². The van der Waals surface area contributed by atoms with Crippen LogP contribution in [0, 0.1) is 0 Å². The minimum Gasteiger partial charge on any atom is -0.350 e. The Labute approximate surface area is 158 Å². The van der Waals surface area contributed by atoms with E-state index in [1.54, 1.807) is 24.3 Å². The van der Waals surface area contributed by atoms with Crippen molar-refractivity contribution in [3.05, 3.63) is 34.9 Å². The maximum Gasteiger partial charge on any atom is 0.314 e. The van der Waals surface area contributed by atoms with Gasteiger partial charge in [-0.05, 0) is 25.0 Å². The van der Waals surface area contributed by atoms with Gasteiger partial charge in [0, 0.05) is 30.6 Å². The van der Waals surface area contributed by atoms with Crippen LogP contribution >= 0.6 is 23.4 Å². The molecule has 25 heavy (non-hydrogen) atoms. The van der Waals surface area contributed by atoms with Crippen molar-refractivity contribution < 1.29 is 9.59 Å². The van der Waals surface area contributed by atoms with Gasteiger partial charge in [-0.2, -0.15) is 11.8 Å². The second-order valence-corrected chi connectivity index (χ2v) is 7.86. The fourth-order valence-electron chi connectivity index (χ4n) is 2.78. The fourth-order valence-corrected chi connectivity index (χ4v) is 4.22. The van der Waals surface area contributed by atoms with Crippen molar-refractivity contribution in [1.82, 2.24) is 16.0 Å². The van der Waals surface area contributed by atoms with Crippen LogP contribution in [0.1, 0.15) is 42.5 Å². The maximum atomic E-state index is 11.9. The van der Waals surface area contributed by atoms with Crippen LogP contribution in [0.3, 0.4) is 0 Å². The van der Waals surface area contributed by atoms with E-state index in [4.69, 9.17) is 11.6 Å². The van der Waals surface area contributed by atoms with E-state index < -0.39 is 0 Å². The molecule has 0 bridgehead atoms. The van der Waals surface area contributed by atoms with Crippen LogP contribution in [0.4, 0.5) is 4.79 Å². The quantitative estimate of drug-likeness (QED) is 0.602. The van der Waals surface area contributed by atoms with Gasteiger partial charge in [-0.25, -0.2) is 4.79 Å². The summed E-state index contributed by atoms with van der Waals surface area (Å²) in [5.41, 5.74) is 0.438. The molecule has 1 aromatic carbocycles. The standard InChI is InChI=1S/C18H26ClN3O2S/c19-16-9-5-4-8-15(16)17(23)20-10-11-21-18(24)22-12-13-25-14-6-2-1-3-7-14/h4-5,8-9,14H,1-3,6-7,10-13H2,(H,20,23)(H2,21,22,24). The third-order valence-electron chi connectivity index (χ3n) is 4.11. The normalized spacial score (nSPS) is 14.8. The summed E-state index contributed by atoms with van der Waals surface area (Å²) in [4.78, 5) is 23.6. The van der Waals surface area contributed by atoms with Crippen molar-refractivity contribution in [2.24, 2.45) is 0 Å². The largest absolute Gasteiger partial charge is 0.350 e. The lowest BCUT2D eigenvalue weighted by molar-refractivity contribution is 0.0954. The first-order valence-corrected chi connectivity index (χ1v) is 10.3. The van der Waals surface area contributed by atoms with E-state index in [0.717, 1.165) is 11.0 Å². The summed E-state index contributed by atoms with van der Waals surface area (Å²) in [6.45, 7) is 1.39. The van der Waals surface area contributed by atoms with Gasteiger partial charge in [0.15, 0.2) is 0 Å². The number of urea groups is 1. The molecule has 0 radical (unpaired) electrons. The lowest BCUT2D eigenvalue weighted by Gasteiger charge is -2.20. The van der Waals surface area contributed by atoms with Crippen molar-refractivity contribution in [2.75, 3.05) is 25.4 Å². The summed E-state index contributed by atoms with van der Waals surface area (Å²) in [6, 6.07) is 6.68. The molecule has 1 aliphatic carbocycles. The predicted octanol–water partition coefficient (Wildman–Crippen LogP) is 3.43. The SMILES string of the molecule is O=C(NCCNC(=O)c1ccccc1Cl)NCCSC1CCCCC1. The molecular formula is C18H26ClN3O2S. The van der Waals surface area contributed by atoms with Crippen LogP contribution in [0.15, 0.2) is 24.3 Å². The fraction of sp³-hybridized carbons (Fsp3) is 0.556. The average Bonchev–Trinajstić information content (AvgIpc) is 2.63. The molecule has 0 saturated heterocycles. The Morgan fingerprint density at radius 3 is 2.44 bits per heavy atom. The molecule has 1 saturated carbocycles. The summed E-state index contributed by atoms with van der Waals surface area (Å²) in [5, 5.41) is 9.50. The Kier molecular flexibility index (Phi) is 8.97. The first kappa shape index (κ1) is 19.9. The third kappa shape index (κ3) is 7.57. The monoisotopic (exact) mass is 383 g/mol. The number of carbonyl (C=O) groups is 2. The number of hydrogen-bond donors (Lipinski definition) is 3. The molecule has 3 N–H and O–H groups in total. The van der Waals surface area contributed by atoms with Crippen LogP contribution in [-0.2, 0) is 0 Å². The van der Waals surface area contributed by atoms with Gasteiger partial charge >= 0.3 is 6.03 Å². The van der Waals surface area contributed by atoms with Crippen molar-refractivity contribution in [3.63, 3.8) is 0 Å². The molecule has 1 aromatic rings. The highest BCUT2D eigenvalue weighted by Gasteiger charge is 2.13. The number of hydrogen-bond acceptors (Lipinski definition) is 3. The molecule has 0 aromatic heterocycles. The van der Waals surface area contributed by atoms with E-state index in [1.807, 2.05) is 11.8 Å². The molecule has 0 aliphatic heterocycles. The van der Waals surface area contributed by atoms with Crippen LogP contribution in [0.2, 0.25) is 5.02 Å². The van der Waals surface area contributed by atoms with Crippen molar-refractivity contribution in [2.45, 2.75) is 37.4 Å². The Morgan fingerprint density at radius 1 is 1.00 bits per heavy atom. The smallest absolute Gasteiger partial charge is 0.314 e. The van der Waals surface area contributed by atoms with Gasteiger partial charge in [0.25, 0.3) is 5.91 Å². The molecule has 5 nitrogen and oxygen atoms in total. The zero-order valence-electron chi connectivity index (χ0n) is 14.4. The van der Waals surface area contributed by atoms with Gasteiger partial charge in [-0.1, -0.05) is 43.0 Å². The Morgan fingerprint density at radius 2 is 1.68 bits per heavy atom. The average molecular weight is 384 g/mol. The number of carbonyl (C=O) groups excluding carboxylic acids is 2. The van der Waals surface area contributed by atoms with E-state index in [2.05, 4.69) is 16.0 Å². The van der Waals surface area contributed by atoms with Crippen molar-refractivity contribution >= 4 is 35.3 Å². The van der Waals surface area contributed by atoms with Gasteiger partial charge in [0.1, 0.15) is 0 Å². The van der Waals surface area contributed by atoms with E-state index in [9.17, 15) is 9.59 Å². The summed E-state index contributed by atoms with van der Waals surface area (Å²) in [5.74, 6) is 0.707. The number of thioether (sulfide) groups is 1. The number of halogens is 1. The highest BCUT2D eigenvalue weighted by Crippen LogP contribution is 2.27. The zero-order valence-corrected chi connectivity index (χ0v) is 15.9. The second-order valence-electron chi connectivity index (χ2n) is 6.05. The maximum absolute atomic E-state index is 11.9. The van der Waals surface area contributed by atoms with Crippen LogP contribution in [0.5, 0.6) is 0 Å². The van der Waals surface area contributed by atoms with Crippen molar-refractivity contribution in [1.29, 1.82) is 0 Å². The summed E-state index contributed by atoms with van der Waals surface area (Å²) in [6.07, 6.45) is 6.66. The Bertz CT molecular complexity index is 565. The van der Waals surface area contributed by atoms with Gasteiger partial charge in [0.2, 0.25) is 0 Å². The minimum absolute atomic E-state index is 0.198. The topological polar surface area (TPSA) is 70.2 Å². The molecule has 138 valence electrons. The first-order valence-electron chi connectivity index (χ1n) is 8.83. The molecular weight excluding hydrogens is 358 g/mol. The van der Waals surface area contributed by atoms with Crippen LogP contribution in [0.25, 0.3) is 0 Å². The number of nitrogens with one attached hydrogen (secondary N) is 3. The van der Waals surface area contributed by atoms with Crippen LogP contribution in [-0.4, -0.2) is 42.6 Å². The molecule has 0 atom stereocenters. The number of benzene rings is 1. The zero-order chi connectivity index (χ0) is 17.9. The van der Waals surface area contributed by atoms with Gasteiger partial charge < -0.3 is 16.0 Å². The molecule has 1 aliphatic rings. The summed E-state index contributed by atoms with van der Waals surface area (Å²) < 4.78 is 0.